The van der Waals surface area contributed by atoms with Crippen LogP contribution in [0.2, 0.25) is 0 Å². The minimum absolute atomic E-state index is 0.695. The summed E-state index contributed by atoms with van der Waals surface area (Å²) in [7, 11) is 0. The van der Waals surface area contributed by atoms with Gasteiger partial charge < -0.3 is 5.32 Å². The fraction of sp³-hybridized carbons (Fsp3) is 0.154. The lowest BCUT2D eigenvalue weighted by atomic mass is 10.1. The SMILES string of the molecule is Cc1cccc(C#N)c1NCc1cc(Br)cs1. The molecule has 0 aliphatic carbocycles. The van der Waals surface area contributed by atoms with Crippen LogP contribution in [0.4, 0.5) is 5.69 Å². The van der Waals surface area contributed by atoms with Crippen LogP contribution in [0.5, 0.6) is 0 Å². The van der Waals surface area contributed by atoms with E-state index in [2.05, 4.69) is 38.8 Å². The van der Waals surface area contributed by atoms with E-state index in [0.29, 0.717) is 5.56 Å². The van der Waals surface area contributed by atoms with E-state index in [9.17, 15) is 0 Å². The Morgan fingerprint density at radius 3 is 2.94 bits per heavy atom. The van der Waals surface area contributed by atoms with Gasteiger partial charge in [-0.2, -0.15) is 5.26 Å². The summed E-state index contributed by atoms with van der Waals surface area (Å²) >= 11 is 5.13. The first kappa shape index (κ1) is 12.2. The summed E-state index contributed by atoms with van der Waals surface area (Å²) in [5.74, 6) is 0. The topological polar surface area (TPSA) is 35.8 Å². The molecule has 0 saturated carbocycles. The molecule has 0 saturated heterocycles. The molecule has 0 atom stereocenters. The highest BCUT2D eigenvalue weighted by Crippen LogP contribution is 2.23. The van der Waals surface area contributed by atoms with Gasteiger partial charge in [0.05, 0.1) is 11.3 Å². The van der Waals surface area contributed by atoms with Gasteiger partial charge in [0.2, 0.25) is 0 Å². The highest BCUT2D eigenvalue weighted by atomic mass is 79.9. The highest BCUT2D eigenvalue weighted by Gasteiger charge is 2.05. The van der Waals surface area contributed by atoms with E-state index in [0.717, 1.165) is 22.3 Å². The summed E-state index contributed by atoms with van der Waals surface area (Å²) in [4.78, 5) is 1.24. The maximum atomic E-state index is 9.05. The van der Waals surface area contributed by atoms with Gasteiger partial charge in [-0.25, -0.2) is 0 Å². The molecule has 0 aliphatic heterocycles. The van der Waals surface area contributed by atoms with Crippen molar-refractivity contribution < 1.29 is 0 Å². The molecule has 1 heterocycles. The molecule has 0 unspecified atom stereocenters. The van der Waals surface area contributed by atoms with Gasteiger partial charge in [0.1, 0.15) is 6.07 Å². The van der Waals surface area contributed by atoms with Crippen LogP contribution in [-0.4, -0.2) is 0 Å². The maximum Gasteiger partial charge on any atom is 0.101 e. The summed E-state index contributed by atoms with van der Waals surface area (Å²) in [5, 5.41) is 14.4. The van der Waals surface area contributed by atoms with Gasteiger partial charge in [0, 0.05) is 21.3 Å². The number of nitrogens with zero attached hydrogens (tertiary/aromatic N) is 1. The monoisotopic (exact) mass is 306 g/mol. The number of rotatable bonds is 3. The van der Waals surface area contributed by atoms with Gasteiger partial charge in [-0.15, -0.1) is 11.3 Å². The Bertz CT molecular complexity index is 569. The minimum Gasteiger partial charge on any atom is -0.379 e. The standard InChI is InChI=1S/C13H11BrN2S/c1-9-3-2-4-10(6-15)13(9)16-7-12-5-11(14)8-17-12/h2-5,8,16H,7H2,1H3. The molecule has 0 aliphatic rings. The number of thiophene rings is 1. The molecular formula is C13H11BrN2S. The lowest BCUT2D eigenvalue weighted by Crippen LogP contribution is -2.01. The molecule has 1 N–H and O–H groups in total. The number of benzene rings is 1. The number of aryl methyl sites for hydroxylation is 1. The van der Waals surface area contributed by atoms with Gasteiger partial charge in [-0.3, -0.25) is 0 Å². The molecule has 0 amide bonds. The number of hydrogen-bond donors (Lipinski definition) is 1. The van der Waals surface area contributed by atoms with Gasteiger partial charge >= 0.3 is 0 Å². The number of halogens is 1. The lowest BCUT2D eigenvalue weighted by Gasteiger charge is -2.09. The predicted molar refractivity (Wildman–Crippen MR) is 75.2 cm³/mol. The largest absolute Gasteiger partial charge is 0.379 e. The fourth-order valence-corrected chi connectivity index (χ4v) is 3.01. The molecule has 2 nitrogen and oxygen atoms in total. The first-order valence-corrected chi connectivity index (χ1v) is 6.84. The molecule has 1 aromatic heterocycles. The third kappa shape index (κ3) is 2.87. The number of hydrogen-bond acceptors (Lipinski definition) is 3. The van der Waals surface area contributed by atoms with E-state index in [4.69, 9.17) is 5.26 Å². The number of nitrogens with one attached hydrogen (secondary N) is 1. The molecule has 4 heteroatoms. The minimum atomic E-state index is 0.695. The van der Waals surface area contributed by atoms with Crippen LogP contribution in [0.1, 0.15) is 16.0 Å². The summed E-state index contributed by atoms with van der Waals surface area (Å²) < 4.78 is 1.10. The molecule has 2 aromatic rings. The van der Waals surface area contributed by atoms with Crippen molar-refractivity contribution in [3.8, 4) is 6.07 Å². The molecule has 1 aromatic carbocycles. The molecule has 0 fully saturated rings. The first-order valence-electron chi connectivity index (χ1n) is 5.17. The summed E-state index contributed by atoms with van der Waals surface area (Å²) in [6.45, 7) is 2.75. The van der Waals surface area contributed by atoms with Gasteiger partial charge in [0.25, 0.3) is 0 Å². The van der Waals surface area contributed by atoms with Crippen molar-refractivity contribution in [1.29, 1.82) is 5.26 Å². The fourth-order valence-electron chi connectivity index (χ4n) is 1.62. The summed E-state index contributed by atoms with van der Waals surface area (Å²) in [6.07, 6.45) is 0. The second-order valence-electron chi connectivity index (χ2n) is 3.69. The first-order chi connectivity index (χ1) is 8.20. The zero-order valence-electron chi connectivity index (χ0n) is 9.33. The Kier molecular flexibility index (Phi) is 3.82. The van der Waals surface area contributed by atoms with Crippen molar-refractivity contribution in [2.45, 2.75) is 13.5 Å². The third-order valence-electron chi connectivity index (χ3n) is 2.45. The van der Waals surface area contributed by atoms with Crippen molar-refractivity contribution in [3.63, 3.8) is 0 Å². The normalized spacial score (nSPS) is 9.94. The quantitative estimate of drug-likeness (QED) is 0.917. The molecule has 86 valence electrons. The van der Waals surface area contributed by atoms with E-state index in [1.165, 1.54) is 4.88 Å². The van der Waals surface area contributed by atoms with Crippen LogP contribution in [-0.2, 0) is 6.54 Å². The van der Waals surface area contributed by atoms with E-state index >= 15 is 0 Å². The lowest BCUT2D eigenvalue weighted by molar-refractivity contribution is 1.17. The average Bonchev–Trinajstić information content (AvgIpc) is 2.73. The Hall–Kier alpha value is -1.31. The molecule has 0 spiro atoms. The van der Waals surface area contributed by atoms with Crippen molar-refractivity contribution >= 4 is 33.0 Å². The maximum absolute atomic E-state index is 9.05. The molecule has 2 rings (SSSR count). The van der Waals surface area contributed by atoms with Gasteiger partial charge in [-0.1, -0.05) is 12.1 Å². The van der Waals surface area contributed by atoms with Crippen molar-refractivity contribution in [3.05, 3.63) is 50.1 Å². The smallest absolute Gasteiger partial charge is 0.101 e. The van der Waals surface area contributed by atoms with Gasteiger partial charge in [0.15, 0.2) is 0 Å². The van der Waals surface area contributed by atoms with E-state index in [-0.39, 0.29) is 0 Å². The van der Waals surface area contributed by atoms with Crippen molar-refractivity contribution in [2.24, 2.45) is 0 Å². The van der Waals surface area contributed by atoms with Crippen LogP contribution in [0.25, 0.3) is 0 Å². The Labute approximate surface area is 113 Å². The molecule has 17 heavy (non-hydrogen) atoms. The Balaban J connectivity index is 2.17. The van der Waals surface area contributed by atoms with Crippen molar-refractivity contribution in [2.75, 3.05) is 5.32 Å². The van der Waals surface area contributed by atoms with E-state index in [1.807, 2.05) is 25.1 Å². The van der Waals surface area contributed by atoms with Crippen LogP contribution in [0, 0.1) is 18.3 Å². The molecular weight excluding hydrogens is 296 g/mol. The van der Waals surface area contributed by atoms with Crippen molar-refractivity contribution in [1.82, 2.24) is 0 Å². The van der Waals surface area contributed by atoms with Crippen LogP contribution in [0.3, 0.4) is 0 Å². The zero-order chi connectivity index (χ0) is 12.3. The predicted octanol–water partition coefficient (Wildman–Crippen LogP) is 4.30. The number of anilines is 1. The third-order valence-corrected chi connectivity index (χ3v) is 4.15. The average molecular weight is 307 g/mol. The number of para-hydroxylation sites is 1. The summed E-state index contributed by atoms with van der Waals surface area (Å²) in [6, 6.07) is 10.0. The molecule has 0 radical (unpaired) electrons. The summed E-state index contributed by atoms with van der Waals surface area (Å²) in [5.41, 5.74) is 2.72. The highest BCUT2D eigenvalue weighted by molar-refractivity contribution is 9.10. The Morgan fingerprint density at radius 2 is 2.29 bits per heavy atom. The second-order valence-corrected chi connectivity index (χ2v) is 5.61. The molecule has 0 bridgehead atoms. The van der Waals surface area contributed by atoms with E-state index in [1.54, 1.807) is 11.3 Å². The van der Waals surface area contributed by atoms with Crippen LogP contribution in [0.15, 0.2) is 34.1 Å². The zero-order valence-corrected chi connectivity index (χ0v) is 11.7. The van der Waals surface area contributed by atoms with Crippen LogP contribution < -0.4 is 5.32 Å². The van der Waals surface area contributed by atoms with Gasteiger partial charge in [-0.05, 0) is 40.5 Å². The van der Waals surface area contributed by atoms with Crippen LogP contribution >= 0.6 is 27.3 Å². The number of nitriles is 1. The Morgan fingerprint density at radius 1 is 1.47 bits per heavy atom. The second kappa shape index (κ2) is 5.35. The van der Waals surface area contributed by atoms with E-state index < -0.39 is 0 Å².